The van der Waals surface area contributed by atoms with Gasteiger partial charge in [0.25, 0.3) is 0 Å². The van der Waals surface area contributed by atoms with Gasteiger partial charge in [-0.1, -0.05) is 18.2 Å². The Hall–Kier alpha value is -1.32. The molecule has 0 aliphatic carbocycles. The van der Waals surface area contributed by atoms with Gasteiger partial charge >= 0.3 is 0 Å². The number of hydrogen-bond donors (Lipinski definition) is 1. The van der Waals surface area contributed by atoms with Crippen molar-refractivity contribution in [2.75, 3.05) is 19.7 Å². The van der Waals surface area contributed by atoms with Gasteiger partial charge in [-0.25, -0.2) is 0 Å². The van der Waals surface area contributed by atoms with Crippen molar-refractivity contribution in [2.45, 2.75) is 18.9 Å². The Labute approximate surface area is 108 Å². The molecule has 1 N–H and O–H groups in total. The number of aliphatic hydroxyl groups excluding tert-OH is 1. The second-order valence-corrected chi connectivity index (χ2v) is 5.15. The molecule has 1 unspecified atom stereocenters. The third-order valence-electron chi connectivity index (χ3n) is 4.04. The smallest absolute Gasteiger partial charge is 0.0629 e. The SMILES string of the molecule is Cn1cc(C(CO)N2CCCC2)c2ccccc21. The average Bonchev–Trinajstić information content (AvgIpc) is 3.01. The first-order chi connectivity index (χ1) is 8.81. The number of nitrogens with zero attached hydrogens (tertiary/aromatic N) is 2. The van der Waals surface area contributed by atoms with Crippen LogP contribution >= 0.6 is 0 Å². The fourth-order valence-electron chi connectivity index (χ4n) is 3.10. The van der Waals surface area contributed by atoms with E-state index in [-0.39, 0.29) is 12.6 Å². The Balaban J connectivity index is 2.06. The van der Waals surface area contributed by atoms with Gasteiger partial charge in [0.1, 0.15) is 0 Å². The quantitative estimate of drug-likeness (QED) is 0.897. The number of benzene rings is 1. The van der Waals surface area contributed by atoms with E-state index < -0.39 is 0 Å². The summed E-state index contributed by atoms with van der Waals surface area (Å²) >= 11 is 0. The van der Waals surface area contributed by atoms with Gasteiger partial charge < -0.3 is 9.67 Å². The minimum atomic E-state index is 0.151. The van der Waals surface area contributed by atoms with Crippen molar-refractivity contribution in [2.24, 2.45) is 7.05 Å². The summed E-state index contributed by atoms with van der Waals surface area (Å²) in [6, 6.07) is 8.58. The Bertz CT molecular complexity index is 540. The lowest BCUT2D eigenvalue weighted by molar-refractivity contribution is 0.148. The van der Waals surface area contributed by atoms with Crippen molar-refractivity contribution in [3.05, 3.63) is 36.0 Å². The van der Waals surface area contributed by atoms with Gasteiger partial charge in [0.15, 0.2) is 0 Å². The number of fused-ring (bicyclic) bond motifs is 1. The summed E-state index contributed by atoms with van der Waals surface area (Å²) in [7, 11) is 2.07. The van der Waals surface area contributed by atoms with Gasteiger partial charge in [0.05, 0.1) is 12.6 Å². The van der Waals surface area contributed by atoms with Gasteiger partial charge in [-0.3, -0.25) is 4.90 Å². The number of rotatable bonds is 3. The van der Waals surface area contributed by atoms with E-state index in [9.17, 15) is 5.11 Å². The van der Waals surface area contributed by atoms with Crippen molar-refractivity contribution < 1.29 is 5.11 Å². The molecule has 1 aromatic heterocycles. The maximum atomic E-state index is 9.76. The molecule has 1 aliphatic rings. The highest BCUT2D eigenvalue weighted by Crippen LogP contribution is 2.31. The lowest BCUT2D eigenvalue weighted by Gasteiger charge is -2.25. The molecule has 0 spiro atoms. The van der Waals surface area contributed by atoms with Gasteiger partial charge in [-0.15, -0.1) is 0 Å². The summed E-state index contributed by atoms with van der Waals surface area (Å²) in [5.41, 5.74) is 2.50. The number of aromatic nitrogens is 1. The molecule has 2 aromatic rings. The highest BCUT2D eigenvalue weighted by Gasteiger charge is 2.25. The van der Waals surface area contributed by atoms with Crippen LogP contribution < -0.4 is 0 Å². The fourth-order valence-corrected chi connectivity index (χ4v) is 3.10. The van der Waals surface area contributed by atoms with Gasteiger partial charge in [0, 0.05) is 24.1 Å². The molecule has 0 amide bonds. The summed E-state index contributed by atoms with van der Waals surface area (Å²) in [5, 5.41) is 11.0. The largest absolute Gasteiger partial charge is 0.394 e. The zero-order valence-electron chi connectivity index (χ0n) is 10.8. The molecule has 18 heavy (non-hydrogen) atoms. The molecule has 0 radical (unpaired) electrons. The van der Waals surface area contributed by atoms with Crippen molar-refractivity contribution in [3.8, 4) is 0 Å². The second-order valence-electron chi connectivity index (χ2n) is 5.15. The Morgan fingerprint density at radius 2 is 1.94 bits per heavy atom. The minimum absolute atomic E-state index is 0.151. The molecule has 96 valence electrons. The molecule has 3 rings (SSSR count). The van der Waals surface area contributed by atoms with E-state index >= 15 is 0 Å². The molecule has 3 heteroatoms. The molecule has 0 bridgehead atoms. The number of likely N-dealkylation sites (tertiary alicyclic amines) is 1. The zero-order chi connectivity index (χ0) is 12.5. The topological polar surface area (TPSA) is 28.4 Å². The molecule has 3 nitrogen and oxygen atoms in total. The van der Waals surface area contributed by atoms with E-state index in [4.69, 9.17) is 0 Å². The van der Waals surface area contributed by atoms with Crippen LogP contribution in [-0.2, 0) is 7.05 Å². The van der Waals surface area contributed by atoms with Crippen LogP contribution in [0.5, 0.6) is 0 Å². The van der Waals surface area contributed by atoms with Crippen molar-refractivity contribution in [1.82, 2.24) is 9.47 Å². The van der Waals surface area contributed by atoms with E-state index in [2.05, 4.69) is 47.0 Å². The summed E-state index contributed by atoms with van der Waals surface area (Å²) in [4.78, 5) is 2.40. The predicted octanol–water partition coefficient (Wildman–Crippen LogP) is 2.31. The number of aliphatic hydroxyl groups is 1. The molecule has 1 fully saturated rings. The third-order valence-corrected chi connectivity index (χ3v) is 4.04. The Kier molecular flexibility index (Phi) is 3.10. The number of para-hydroxylation sites is 1. The van der Waals surface area contributed by atoms with Crippen LogP contribution in [0.4, 0.5) is 0 Å². The van der Waals surface area contributed by atoms with Gasteiger partial charge in [-0.05, 0) is 37.6 Å². The predicted molar refractivity (Wildman–Crippen MR) is 73.6 cm³/mol. The molecular formula is C15H20N2O. The van der Waals surface area contributed by atoms with Gasteiger partial charge in [0.2, 0.25) is 0 Å². The molecular weight excluding hydrogens is 224 g/mol. The van der Waals surface area contributed by atoms with Crippen LogP contribution in [0.3, 0.4) is 0 Å². The zero-order valence-corrected chi connectivity index (χ0v) is 10.8. The Morgan fingerprint density at radius 1 is 1.22 bits per heavy atom. The monoisotopic (exact) mass is 244 g/mol. The van der Waals surface area contributed by atoms with E-state index in [0.717, 1.165) is 13.1 Å². The molecule has 2 heterocycles. The fraction of sp³-hybridized carbons (Fsp3) is 0.467. The summed E-state index contributed by atoms with van der Waals surface area (Å²) in [5.74, 6) is 0. The normalized spacial score (nSPS) is 18.6. The van der Waals surface area contributed by atoms with Gasteiger partial charge in [-0.2, -0.15) is 0 Å². The van der Waals surface area contributed by atoms with Crippen LogP contribution in [0.25, 0.3) is 10.9 Å². The van der Waals surface area contributed by atoms with Crippen molar-refractivity contribution in [3.63, 3.8) is 0 Å². The maximum absolute atomic E-state index is 9.76. The minimum Gasteiger partial charge on any atom is -0.394 e. The van der Waals surface area contributed by atoms with Crippen LogP contribution in [0, 0.1) is 0 Å². The van der Waals surface area contributed by atoms with E-state index in [1.807, 2.05) is 0 Å². The van der Waals surface area contributed by atoms with Crippen LogP contribution in [-0.4, -0.2) is 34.3 Å². The van der Waals surface area contributed by atoms with Crippen LogP contribution in [0.15, 0.2) is 30.5 Å². The summed E-state index contributed by atoms with van der Waals surface area (Å²) in [6.45, 7) is 2.41. The van der Waals surface area contributed by atoms with Crippen molar-refractivity contribution in [1.29, 1.82) is 0 Å². The number of hydrogen-bond acceptors (Lipinski definition) is 2. The number of aryl methyl sites for hydroxylation is 1. The van der Waals surface area contributed by atoms with Crippen molar-refractivity contribution >= 4 is 10.9 Å². The highest BCUT2D eigenvalue weighted by atomic mass is 16.3. The lowest BCUT2D eigenvalue weighted by atomic mass is 10.1. The lowest BCUT2D eigenvalue weighted by Crippen LogP contribution is -2.28. The first-order valence-corrected chi connectivity index (χ1v) is 6.70. The average molecular weight is 244 g/mol. The van der Waals surface area contributed by atoms with Crippen LogP contribution in [0.2, 0.25) is 0 Å². The highest BCUT2D eigenvalue weighted by molar-refractivity contribution is 5.84. The summed E-state index contributed by atoms with van der Waals surface area (Å²) in [6.07, 6.45) is 4.67. The molecule has 1 aliphatic heterocycles. The molecule has 0 saturated carbocycles. The van der Waals surface area contributed by atoms with Crippen LogP contribution in [0.1, 0.15) is 24.4 Å². The third kappa shape index (κ3) is 1.84. The summed E-state index contributed by atoms with van der Waals surface area (Å²) < 4.78 is 2.16. The second kappa shape index (κ2) is 4.75. The first-order valence-electron chi connectivity index (χ1n) is 6.70. The van der Waals surface area contributed by atoms with E-state index in [0.29, 0.717) is 0 Å². The first kappa shape index (κ1) is 11.8. The molecule has 1 aromatic carbocycles. The Morgan fingerprint density at radius 3 is 2.67 bits per heavy atom. The molecule has 1 atom stereocenters. The maximum Gasteiger partial charge on any atom is 0.0629 e. The van der Waals surface area contributed by atoms with E-state index in [1.165, 1.54) is 29.3 Å². The van der Waals surface area contributed by atoms with E-state index in [1.54, 1.807) is 0 Å². The molecule has 1 saturated heterocycles. The standard InChI is InChI=1S/C15H20N2O/c1-16-10-13(12-6-2-3-7-14(12)16)15(11-18)17-8-4-5-9-17/h2-3,6-7,10,15,18H,4-5,8-9,11H2,1H3.